The Labute approximate surface area is 109 Å². The predicted octanol–water partition coefficient (Wildman–Crippen LogP) is 3.06. The van der Waals surface area contributed by atoms with Crippen LogP contribution in [0.1, 0.15) is 0 Å². The molecule has 0 bridgehead atoms. The minimum absolute atomic E-state index is 0.644. The number of hydrogen-bond donors (Lipinski definition) is 0. The summed E-state index contributed by atoms with van der Waals surface area (Å²) in [4.78, 5) is 4.44. The molecule has 0 fully saturated rings. The van der Waals surface area contributed by atoms with E-state index in [0.29, 0.717) is 10.8 Å². The molecule has 1 aromatic carbocycles. The molecule has 0 radical (unpaired) electrons. The Bertz CT molecular complexity index is 708. The molecular weight excluding hydrogens is 250 g/mol. The lowest BCUT2D eigenvalue weighted by molar-refractivity contribution is 0.411. The predicted molar refractivity (Wildman–Crippen MR) is 70.0 cm³/mol. The van der Waals surface area contributed by atoms with Gasteiger partial charge in [-0.1, -0.05) is 23.7 Å². The van der Waals surface area contributed by atoms with Gasteiger partial charge in [-0.2, -0.15) is 0 Å². The molecule has 3 aromatic rings. The Kier molecular flexibility index (Phi) is 2.64. The average molecular weight is 260 g/mol. The summed E-state index contributed by atoms with van der Waals surface area (Å²) >= 11 is 5.96. The van der Waals surface area contributed by atoms with Crippen LogP contribution in [0.5, 0.6) is 5.75 Å². The van der Waals surface area contributed by atoms with E-state index in [1.54, 1.807) is 17.8 Å². The molecule has 0 saturated carbocycles. The van der Waals surface area contributed by atoms with E-state index in [-0.39, 0.29) is 0 Å². The van der Waals surface area contributed by atoms with E-state index in [9.17, 15) is 0 Å². The van der Waals surface area contributed by atoms with Gasteiger partial charge >= 0.3 is 0 Å². The number of ether oxygens (including phenoxy) is 1. The van der Waals surface area contributed by atoms with Gasteiger partial charge in [-0.25, -0.2) is 9.50 Å². The van der Waals surface area contributed by atoms with E-state index in [2.05, 4.69) is 10.1 Å². The van der Waals surface area contributed by atoms with Crippen LogP contribution in [-0.2, 0) is 0 Å². The lowest BCUT2D eigenvalue weighted by Gasteiger charge is -1.97. The van der Waals surface area contributed by atoms with Crippen molar-refractivity contribution in [1.82, 2.24) is 14.6 Å². The minimum atomic E-state index is 0.644. The van der Waals surface area contributed by atoms with Crippen LogP contribution in [0.4, 0.5) is 0 Å². The van der Waals surface area contributed by atoms with Gasteiger partial charge in [0.15, 0.2) is 11.5 Å². The van der Waals surface area contributed by atoms with E-state index in [1.165, 1.54) is 0 Å². The molecule has 0 aliphatic rings. The summed E-state index contributed by atoms with van der Waals surface area (Å²) in [6, 6.07) is 11.2. The number of halogens is 1. The molecule has 0 atom stereocenters. The van der Waals surface area contributed by atoms with Crippen molar-refractivity contribution in [2.24, 2.45) is 0 Å². The molecule has 2 heterocycles. The zero-order chi connectivity index (χ0) is 12.5. The molecule has 2 aromatic heterocycles. The molecule has 0 N–H and O–H groups in total. The summed E-state index contributed by atoms with van der Waals surface area (Å²) in [6.07, 6.45) is 1.79. The molecule has 18 heavy (non-hydrogen) atoms. The molecule has 5 heteroatoms. The van der Waals surface area contributed by atoms with Crippen LogP contribution in [0, 0.1) is 0 Å². The van der Waals surface area contributed by atoms with Crippen LogP contribution >= 0.6 is 11.6 Å². The van der Waals surface area contributed by atoms with Crippen LogP contribution in [0.15, 0.2) is 42.6 Å². The normalized spacial score (nSPS) is 10.8. The number of fused-ring (bicyclic) bond motifs is 1. The van der Waals surface area contributed by atoms with Crippen LogP contribution in [0.25, 0.3) is 17.0 Å². The first-order valence-electron chi connectivity index (χ1n) is 5.42. The van der Waals surface area contributed by atoms with Crippen molar-refractivity contribution < 1.29 is 4.74 Å². The Hall–Kier alpha value is -2.07. The average Bonchev–Trinajstić information content (AvgIpc) is 2.81. The van der Waals surface area contributed by atoms with E-state index in [4.69, 9.17) is 16.3 Å². The maximum atomic E-state index is 5.96. The minimum Gasteiger partial charge on any atom is -0.495 e. The van der Waals surface area contributed by atoms with Gasteiger partial charge in [0.1, 0.15) is 5.75 Å². The fourth-order valence-corrected chi connectivity index (χ4v) is 1.93. The number of benzene rings is 1. The number of pyridine rings is 1. The quantitative estimate of drug-likeness (QED) is 0.710. The zero-order valence-electron chi connectivity index (χ0n) is 9.67. The molecule has 90 valence electrons. The zero-order valence-corrected chi connectivity index (χ0v) is 10.4. The van der Waals surface area contributed by atoms with Gasteiger partial charge < -0.3 is 4.74 Å². The summed E-state index contributed by atoms with van der Waals surface area (Å²) in [7, 11) is 1.62. The molecule has 0 aliphatic heterocycles. The van der Waals surface area contributed by atoms with E-state index in [0.717, 1.165) is 17.0 Å². The summed E-state index contributed by atoms with van der Waals surface area (Å²) in [5.41, 5.74) is 1.66. The van der Waals surface area contributed by atoms with Crippen LogP contribution < -0.4 is 4.74 Å². The van der Waals surface area contributed by atoms with E-state index < -0.39 is 0 Å². The van der Waals surface area contributed by atoms with Crippen LogP contribution in [0.3, 0.4) is 0 Å². The van der Waals surface area contributed by atoms with Gasteiger partial charge in [0.25, 0.3) is 0 Å². The fourth-order valence-electron chi connectivity index (χ4n) is 1.73. The van der Waals surface area contributed by atoms with Crippen molar-refractivity contribution in [2.75, 3.05) is 7.11 Å². The highest BCUT2D eigenvalue weighted by Crippen LogP contribution is 2.21. The maximum absolute atomic E-state index is 5.96. The Morgan fingerprint density at radius 2 is 2.11 bits per heavy atom. The van der Waals surface area contributed by atoms with Gasteiger partial charge in [-0.05, 0) is 24.3 Å². The molecule has 0 aliphatic carbocycles. The van der Waals surface area contributed by atoms with Crippen molar-refractivity contribution in [2.45, 2.75) is 0 Å². The fraction of sp³-hybridized carbons (Fsp3) is 0.0769. The third kappa shape index (κ3) is 1.91. The van der Waals surface area contributed by atoms with Crippen molar-refractivity contribution in [3.05, 3.63) is 47.6 Å². The summed E-state index contributed by atoms with van der Waals surface area (Å²) in [5, 5.41) is 5.07. The van der Waals surface area contributed by atoms with Crippen molar-refractivity contribution in [1.29, 1.82) is 0 Å². The third-order valence-corrected chi connectivity index (χ3v) is 2.86. The second-order valence-corrected chi connectivity index (χ2v) is 4.25. The lowest BCUT2D eigenvalue weighted by atomic mass is 10.2. The Balaban J connectivity index is 2.13. The third-order valence-electron chi connectivity index (χ3n) is 2.62. The monoisotopic (exact) mass is 259 g/mol. The second-order valence-electron chi connectivity index (χ2n) is 3.82. The largest absolute Gasteiger partial charge is 0.495 e. The Morgan fingerprint density at radius 3 is 2.89 bits per heavy atom. The lowest BCUT2D eigenvalue weighted by Crippen LogP contribution is -1.90. The van der Waals surface area contributed by atoms with Crippen LogP contribution in [-0.4, -0.2) is 21.7 Å². The van der Waals surface area contributed by atoms with Gasteiger partial charge in [-0.15, -0.1) is 5.10 Å². The highest BCUT2D eigenvalue weighted by molar-refractivity contribution is 6.30. The van der Waals surface area contributed by atoms with Crippen LogP contribution in [0.2, 0.25) is 5.02 Å². The topological polar surface area (TPSA) is 39.4 Å². The van der Waals surface area contributed by atoms with E-state index in [1.807, 2.05) is 36.4 Å². The highest BCUT2D eigenvalue weighted by atomic mass is 35.5. The van der Waals surface area contributed by atoms with Gasteiger partial charge in [0.05, 0.1) is 13.3 Å². The maximum Gasteiger partial charge on any atom is 0.182 e. The van der Waals surface area contributed by atoms with Gasteiger partial charge in [0.2, 0.25) is 0 Å². The summed E-state index contributed by atoms with van der Waals surface area (Å²) < 4.78 is 6.84. The second kappa shape index (κ2) is 4.31. The van der Waals surface area contributed by atoms with Crippen molar-refractivity contribution in [3.63, 3.8) is 0 Å². The summed E-state index contributed by atoms with van der Waals surface area (Å²) in [6.45, 7) is 0. The summed E-state index contributed by atoms with van der Waals surface area (Å²) in [5.74, 6) is 1.38. The molecule has 0 unspecified atom stereocenters. The van der Waals surface area contributed by atoms with Crippen molar-refractivity contribution in [3.8, 4) is 17.1 Å². The van der Waals surface area contributed by atoms with Gasteiger partial charge in [0, 0.05) is 10.6 Å². The highest BCUT2D eigenvalue weighted by Gasteiger charge is 2.07. The number of methoxy groups -OCH3 is 1. The molecule has 0 amide bonds. The molecule has 0 saturated heterocycles. The molecule has 4 nitrogen and oxygen atoms in total. The first-order valence-corrected chi connectivity index (χ1v) is 5.80. The number of nitrogens with zero attached hydrogens (tertiary/aromatic N) is 3. The molecular formula is C13H10ClN3O. The molecule has 3 rings (SSSR count). The standard InChI is InChI=1S/C13H10ClN3O/c1-18-11-5-6-12-15-13(16-17(12)8-11)9-3-2-4-10(14)7-9/h2-8H,1H3. The van der Waals surface area contributed by atoms with E-state index >= 15 is 0 Å². The number of hydrogen-bond acceptors (Lipinski definition) is 3. The first-order chi connectivity index (χ1) is 8.76. The number of aromatic nitrogens is 3. The Morgan fingerprint density at radius 1 is 1.22 bits per heavy atom. The van der Waals surface area contributed by atoms with Crippen molar-refractivity contribution >= 4 is 17.2 Å². The first kappa shape index (κ1) is 11.0. The van der Waals surface area contributed by atoms with Gasteiger partial charge in [-0.3, -0.25) is 0 Å². The molecule has 0 spiro atoms. The number of rotatable bonds is 2. The smallest absolute Gasteiger partial charge is 0.182 e. The SMILES string of the molecule is COc1ccc2nc(-c3cccc(Cl)c3)nn2c1.